The molecule has 1 aliphatic rings. The first-order chi connectivity index (χ1) is 13.2. The summed E-state index contributed by atoms with van der Waals surface area (Å²) in [6.07, 6.45) is 5.56. The van der Waals surface area contributed by atoms with Gasteiger partial charge in [-0.3, -0.25) is 4.90 Å². The van der Waals surface area contributed by atoms with Crippen molar-refractivity contribution in [3.05, 3.63) is 71.3 Å². The summed E-state index contributed by atoms with van der Waals surface area (Å²) in [4.78, 5) is 2.59. The van der Waals surface area contributed by atoms with Crippen LogP contribution >= 0.6 is 0 Å². The quantitative estimate of drug-likeness (QED) is 0.487. The van der Waals surface area contributed by atoms with Crippen molar-refractivity contribution in [2.75, 3.05) is 6.54 Å². The van der Waals surface area contributed by atoms with Gasteiger partial charge in [0.15, 0.2) is 0 Å². The number of nitrogens with zero attached hydrogens (tertiary/aromatic N) is 1. The van der Waals surface area contributed by atoms with E-state index in [1.807, 2.05) is 0 Å². The number of aryl methyl sites for hydroxylation is 1. The van der Waals surface area contributed by atoms with Gasteiger partial charge < -0.3 is 0 Å². The first-order valence-electron chi connectivity index (χ1n) is 10.7. The molecular weight excluding hydrogens is 333 g/mol. The lowest BCUT2D eigenvalue weighted by Gasteiger charge is -2.30. The summed E-state index contributed by atoms with van der Waals surface area (Å²) in [6, 6.07) is 20.1. The predicted molar refractivity (Wildman–Crippen MR) is 113 cm³/mol. The number of hydrogen-bond acceptors (Lipinski definition) is 1. The van der Waals surface area contributed by atoms with Crippen molar-refractivity contribution in [2.24, 2.45) is 0 Å². The van der Waals surface area contributed by atoms with Gasteiger partial charge in [-0.25, -0.2) is 4.39 Å². The average Bonchev–Trinajstić information content (AvgIpc) is 3.14. The van der Waals surface area contributed by atoms with Gasteiger partial charge in [-0.15, -0.1) is 0 Å². The molecule has 3 unspecified atom stereocenters. The molecule has 1 nitrogen and oxygen atoms in total. The van der Waals surface area contributed by atoms with Crippen LogP contribution < -0.4 is 0 Å². The van der Waals surface area contributed by atoms with Crippen LogP contribution in [0.25, 0.3) is 0 Å². The van der Waals surface area contributed by atoms with E-state index >= 15 is 0 Å². The molecule has 1 aliphatic carbocycles. The third kappa shape index (κ3) is 5.42. The van der Waals surface area contributed by atoms with E-state index in [1.54, 1.807) is 0 Å². The van der Waals surface area contributed by atoms with Gasteiger partial charge in [0.2, 0.25) is 0 Å². The Morgan fingerprint density at radius 2 is 1.70 bits per heavy atom. The zero-order valence-corrected chi connectivity index (χ0v) is 16.9. The third-order valence-electron chi connectivity index (χ3n) is 6.23. The molecule has 2 heteroatoms. The largest absolute Gasteiger partial charge is 0.296 e. The second-order valence-electron chi connectivity index (χ2n) is 7.94. The first kappa shape index (κ1) is 20.1. The molecule has 0 heterocycles. The minimum atomic E-state index is -0.642. The molecule has 3 rings (SSSR count). The highest BCUT2D eigenvalue weighted by atomic mass is 19.1. The van der Waals surface area contributed by atoms with Gasteiger partial charge in [-0.05, 0) is 61.8 Å². The Bertz CT molecular complexity index is 666. The molecular formula is C25H34FN. The van der Waals surface area contributed by atoms with E-state index in [9.17, 15) is 4.39 Å². The van der Waals surface area contributed by atoms with Gasteiger partial charge >= 0.3 is 0 Å². The van der Waals surface area contributed by atoms with Crippen LogP contribution in [0.1, 0.15) is 68.6 Å². The Labute approximate surface area is 164 Å². The second kappa shape index (κ2) is 10.0. The van der Waals surface area contributed by atoms with E-state index in [4.69, 9.17) is 0 Å². The zero-order valence-electron chi connectivity index (χ0n) is 16.9. The van der Waals surface area contributed by atoms with Gasteiger partial charge in [0.1, 0.15) is 6.17 Å². The van der Waals surface area contributed by atoms with Crippen molar-refractivity contribution in [3.8, 4) is 0 Å². The number of rotatable bonds is 9. The molecule has 146 valence electrons. The van der Waals surface area contributed by atoms with Crippen molar-refractivity contribution in [3.63, 3.8) is 0 Å². The van der Waals surface area contributed by atoms with E-state index in [-0.39, 0.29) is 5.92 Å². The van der Waals surface area contributed by atoms with Gasteiger partial charge in [0.05, 0.1) is 0 Å². The van der Waals surface area contributed by atoms with Crippen molar-refractivity contribution in [1.82, 2.24) is 4.90 Å². The Kier molecular flexibility index (Phi) is 7.46. The van der Waals surface area contributed by atoms with Crippen LogP contribution in [0.5, 0.6) is 0 Å². The topological polar surface area (TPSA) is 3.24 Å². The van der Waals surface area contributed by atoms with Crippen LogP contribution in [0.2, 0.25) is 0 Å². The van der Waals surface area contributed by atoms with E-state index in [2.05, 4.69) is 73.3 Å². The van der Waals surface area contributed by atoms with Crippen molar-refractivity contribution in [2.45, 2.75) is 77.0 Å². The van der Waals surface area contributed by atoms with Crippen LogP contribution in [0.15, 0.2) is 54.6 Å². The van der Waals surface area contributed by atoms with Crippen LogP contribution in [0.4, 0.5) is 4.39 Å². The average molecular weight is 368 g/mol. The maximum absolute atomic E-state index is 14.0. The lowest BCUT2D eigenvalue weighted by Crippen LogP contribution is -2.34. The summed E-state index contributed by atoms with van der Waals surface area (Å²) in [5.74, 6) is 0.129. The highest BCUT2D eigenvalue weighted by molar-refractivity contribution is 5.27. The van der Waals surface area contributed by atoms with E-state index < -0.39 is 6.17 Å². The van der Waals surface area contributed by atoms with Crippen molar-refractivity contribution < 1.29 is 4.39 Å². The molecule has 1 saturated carbocycles. The van der Waals surface area contributed by atoms with Crippen LogP contribution in [0.3, 0.4) is 0 Å². The Hall–Kier alpha value is -1.67. The lowest BCUT2D eigenvalue weighted by atomic mass is 9.94. The fourth-order valence-corrected chi connectivity index (χ4v) is 4.52. The summed E-state index contributed by atoms with van der Waals surface area (Å²) in [5.41, 5.74) is 3.95. The molecule has 0 aromatic heterocycles. The number of alkyl halides is 1. The van der Waals surface area contributed by atoms with E-state index in [0.717, 1.165) is 38.8 Å². The highest BCUT2D eigenvalue weighted by Gasteiger charge is 2.28. The first-order valence-corrected chi connectivity index (χ1v) is 10.7. The SMILES string of the molecule is CCC(CCc1ccc(C2CCCC2F)cc1)N(CC)Cc1ccccc1. The summed E-state index contributed by atoms with van der Waals surface area (Å²) in [7, 11) is 0. The smallest absolute Gasteiger partial charge is 0.107 e. The minimum Gasteiger partial charge on any atom is -0.296 e. The Balaban J connectivity index is 1.56. The molecule has 0 bridgehead atoms. The fraction of sp³-hybridized carbons (Fsp3) is 0.520. The molecule has 0 radical (unpaired) electrons. The maximum atomic E-state index is 14.0. The van der Waals surface area contributed by atoms with Gasteiger partial charge in [-0.1, -0.05) is 68.4 Å². The fourth-order valence-electron chi connectivity index (χ4n) is 4.52. The monoisotopic (exact) mass is 367 g/mol. The Morgan fingerprint density at radius 1 is 0.963 bits per heavy atom. The van der Waals surface area contributed by atoms with Gasteiger partial charge in [-0.2, -0.15) is 0 Å². The molecule has 2 aromatic carbocycles. The van der Waals surface area contributed by atoms with E-state index in [0.29, 0.717) is 6.04 Å². The molecule has 2 aromatic rings. The highest BCUT2D eigenvalue weighted by Crippen LogP contribution is 2.36. The summed E-state index contributed by atoms with van der Waals surface area (Å²) >= 11 is 0. The normalized spacial score (nSPS) is 20.9. The second-order valence-corrected chi connectivity index (χ2v) is 7.94. The van der Waals surface area contributed by atoms with Crippen molar-refractivity contribution >= 4 is 0 Å². The van der Waals surface area contributed by atoms with Crippen molar-refractivity contribution in [1.29, 1.82) is 0 Å². The van der Waals surface area contributed by atoms with Gasteiger partial charge in [0.25, 0.3) is 0 Å². The number of halogens is 1. The lowest BCUT2D eigenvalue weighted by molar-refractivity contribution is 0.182. The molecule has 27 heavy (non-hydrogen) atoms. The zero-order chi connectivity index (χ0) is 19.1. The van der Waals surface area contributed by atoms with Crippen LogP contribution in [-0.4, -0.2) is 23.7 Å². The number of benzene rings is 2. The molecule has 1 fully saturated rings. The summed E-state index contributed by atoms with van der Waals surface area (Å²) in [6.45, 7) is 6.65. The molecule has 0 spiro atoms. The van der Waals surface area contributed by atoms with Crippen LogP contribution in [0, 0.1) is 0 Å². The van der Waals surface area contributed by atoms with Gasteiger partial charge in [0, 0.05) is 18.5 Å². The molecule has 0 aliphatic heterocycles. The third-order valence-corrected chi connectivity index (χ3v) is 6.23. The molecule has 3 atom stereocenters. The molecule has 0 amide bonds. The number of hydrogen-bond donors (Lipinski definition) is 0. The standard InChI is InChI=1S/C25H34FN/c1-3-23(27(4-2)19-21-9-6-5-7-10-21)18-15-20-13-16-22(17-14-20)24-11-8-12-25(24)26/h5-7,9-10,13-14,16-17,23-25H,3-4,8,11-12,15,18-19H2,1-2H3. The summed E-state index contributed by atoms with van der Waals surface area (Å²) < 4.78 is 14.0. The van der Waals surface area contributed by atoms with Crippen LogP contribution in [-0.2, 0) is 13.0 Å². The summed E-state index contributed by atoms with van der Waals surface area (Å²) in [5, 5.41) is 0. The Morgan fingerprint density at radius 3 is 2.30 bits per heavy atom. The predicted octanol–water partition coefficient (Wildman–Crippen LogP) is 6.53. The van der Waals surface area contributed by atoms with E-state index in [1.165, 1.54) is 29.5 Å². The molecule has 0 saturated heterocycles. The molecule has 0 N–H and O–H groups in total. The maximum Gasteiger partial charge on any atom is 0.107 e. The minimum absolute atomic E-state index is 0.129.